The predicted octanol–water partition coefficient (Wildman–Crippen LogP) is 2.06. The maximum absolute atomic E-state index is 12.9. The highest BCUT2D eigenvalue weighted by atomic mass is 16.2. The number of fused-ring (bicyclic) bond motifs is 2. The number of H-pyrrole nitrogens is 1. The summed E-state index contributed by atoms with van der Waals surface area (Å²) in [6.07, 6.45) is 6.49. The van der Waals surface area contributed by atoms with Crippen molar-refractivity contribution < 1.29 is 4.79 Å². The minimum absolute atomic E-state index is 0.0383. The molecule has 1 fully saturated rings. The van der Waals surface area contributed by atoms with E-state index in [0.717, 1.165) is 12.8 Å². The molecular formula is C22H23N9O2. The highest BCUT2D eigenvalue weighted by Crippen LogP contribution is 2.26. The molecule has 4 aromatic heterocycles. The van der Waals surface area contributed by atoms with Crippen LogP contribution < -0.4 is 11.0 Å². The average molecular weight is 445 g/mol. The molecule has 2 amide bonds. The lowest BCUT2D eigenvalue weighted by molar-refractivity contribution is 0.165. The number of urea groups is 1. The number of amides is 2. The molecule has 1 aliphatic heterocycles. The molecule has 5 heterocycles. The van der Waals surface area contributed by atoms with E-state index in [4.69, 9.17) is 4.98 Å². The molecule has 1 atom stereocenters. The fraction of sp³-hybridized carbons (Fsp3) is 0.364. The number of pyridine rings is 1. The second-order valence-electron chi connectivity index (χ2n) is 8.49. The third kappa shape index (κ3) is 3.69. The van der Waals surface area contributed by atoms with Crippen LogP contribution in [0.2, 0.25) is 0 Å². The molecule has 0 bridgehead atoms. The zero-order valence-corrected chi connectivity index (χ0v) is 18.3. The van der Waals surface area contributed by atoms with Gasteiger partial charge >= 0.3 is 11.7 Å². The number of nitriles is 1. The summed E-state index contributed by atoms with van der Waals surface area (Å²) in [7, 11) is 0. The van der Waals surface area contributed by atoms with E-state index in [9.17, 15) is 14.9 Å². The fourth-order valence-corrected chi connectivity index (χ4v) is 4.30. The van der Waals surface area contributed by atoms with Crippen LogP contribution in [0, 0.1) is 11.3 Å². The van der Waals surface area contributed by atoms with E-state index in [-0.39, 0.29) is 23.8 Å². The van der Waals surface area contributed by atoms with Gasteiger partial charge in [0.15, 0.2) is 11.5 Å². The Morgan fingerprint density at radius 2 is 2.21 bits per heavy atom. The molecule has 33 heavy (non-hydrogen) atoms. The molecule has 2 N–H and O–H groups in total. The van der Waals surface area contributed by atoms with Crippen LogP contribution in [-0.4, -0.2) is 59.2 Å². The molecule has 11 heteroatoms. The second kappa shape index (κ2) is 8.05. The average Bonchev–Trinajstić information content (AvgIpc) is 3.37. The lowest BCUT2D eigenvalue weighted by atomic mass is 10.1. The number of aromatic amines is 1. The number of carbonyl (C=O) groups excluding carboxylic acids is 1. The van der Waals surface area contributed by atoms with Crippen molar-refractivity contribution in [2.24, 2.45) is 0 Å². The third-order valence-electron chi connectivity index (χ3n) is 5.81. The summed E-state index contributed by atoms with van der Waals surface area (Å²) in [4.78, 5) is 39.1. The maximum Gasteiger partial charge on any atom is 0.328 e. The van der Waals surface area contributed by atoms with Gasteiger partial charge in [0.05, 0.1) is 41.1 Å². The van der Waals surface area contributed by atoms with Crippen LogP contribution >= 0.6 is 0 Å². The van der Waals surface area contributed by atoms with Crippen LogP contribution in [0.15, 0.2) is 35.5 Å². The van der Waals surface area contributed by atoms with Crippen molar-refractivity contribution >= 4 is 22.7 Å². The summed E-state index contributed by atoms with van der Waals surface area (Å²) in [6.45, 7) is 4.91. The Labute approximate surface area is 188 Å². The minimum atomic E-state index is -0.279. The van der Waals surface area contributed by atoms with Gasteiger partial charge in [-0.15, -0.1) is 0 Å². The van der Waals surface area contributed by atoms with Crippen molar-refractivity contribution in [1.29, 1.82) is 5.26 Å². The van der Waals surface area contributed by atoms with Gasteiger partial charge in [-0.2, -0.15) is 10.4 Å². The van der Waals surface area contributed by atoms with Crippen LogP contribution in [0.5, 0.6) is 0 Å². The van der Waals surface area contributed by atoms with Crippen molar-refractivity contribution in [3.63, 3.8) is 0 Å². The highest BCUT2D eigenvalue weighted by Gasteiger charge is 2.28. The molecule has 0 aliphatic carbocycles. The van der Waals surface area contributed by atoms with Gasteiger partial charge in [0.2, 0.25) is 0 Å². The molecule has 0 aromatic carbocycles. The largest absolute Gasteiger partial charge is 0.336 e. The number of nitrogens with zero attached hydrogens (tertiary/aromatic N) is 7. The first-order valence-electron chi connectivity index (χ1n) is 10.8. The lowest BCUT2D eigenvalue weighted by Gasteiger charge is -2.33. The minimum Gasteiger partial charge on any atom is -0.336 e. The number of imidazole rings is 1. The Kier molecular flexibility index (Phi) is 5.05. The van der Waals surface area contributed by atoms with E-state index in [1.54, 1.807) is 44.7 Å². The van der Waals surface area contributed by atoms with E-state index >= 15 is 0 Å². The predicted molar refractivity (Wildman–Crippen MR) is 121 cm³/mol. The number of nitrogens with one attached hydrogen (secondary N) is 2. The van der Waals surface area contributed by atoms with Crippen molar-refractivity contribution in [1.82, 2.24) is 39.3 Å². The van der Waals surface area contributed by atoms with Crippen molar-refractivity contribution in [2.75, 3.05) is 13.1 Å². The normalized spacial score (nSPS) is 16.4. The standard InChI is InChI=1S/C22H23N9O2/c1-13(2)26-21(32)29-6-3-4-15(12-29)31-20-17(27-22(31)33)11-24-19(28-20)16-10-25-30-7-5-14(9-23)8-18(16)30/h5,7-8,10-11,13,15H,3-4,6,12H2,1-2H3,(H,26,32)(H,27,33)/t15-/m0/s1. The topological polar surface area (TPSA) is 137 Å². The molecule has 0 unspecified atom stereocenters. The van der Waals surface area contributed by atoms with Gasteiger partial charge in [-0.25, -0.2) is 24.1 Å². The Bertz CT molecular complexity index is 1460. The fourth-order valence-electron chi connectivity index (χ4n) is 4.30. The summed E-state index contributed by atoms with van der Waals surface area (Å²) in [5.74, 6) is 0.408. The van der Waals surface area contributed by atoms with Crippen LogP contribution in [0.3, 0.4) is 0 Å². The number of aromatic nitrogens is 6. The van der Waals surface area contributed by atoms with Crippen LogP contribution in [0.25, 0.3) is 28.1 Å². The molecular weight excluding hydrogens is 422 g/mol. The van der Waals surface area contributed by atoms with Gasteiger partial charge in [0.1, 0.15) is 5.52 Å². The Hall–Kier alpha value is -4.20. The number of piperidine rings is 1. The Balaban J connectivity index is 1.55. The van der Waals surface area contributed by atoms with Gasteiger partial charge < -0.3 is 15.2 Å². The lowest BCUT2D eigenvalue weighted by Crippen LogP contribution is -2.48. The van der Waals surface area contributed by atoms with Crippen molar-refractivity contribution in [2.45, 2.75) is 38.8 Å². The van der Waals surface area contributed by atoms with Gasteiger partial charge in [0, 0.05) is 25.3 Å². The van der Waals surface area contributed by atoms with E-state index in [1.165, 1.54) is 0 Å². The van der Waals surface area contributed by atoms with Crippen molar-refractivity contribution in [3.8, 4) is 17.5 Å². The summed E-state index contributed by atoms with van der Waals surface area (Å²) < 4.78 is 3.28. The summed E-state index contributed by atoms with van der Waals surface area (Å²) in [6, 6.07) is 5.25. The molecule has 0 spiro atoms. The highest BCUT2D eigenvalue weighted by molar-refractivity contribution is 5.80. The summed E-state index contributed by atoms with van der Waals surface area (Å²) >= 11 is 0. The smallest absolute Gasteiger partial charge is 0.328 e. The first-order valence-corrected chi connectivity index (χ1v) is 10.8. The molecule has 168 valence electrons. The van der Waals surface area contributed by atoms with E-state index in [2.05, 4.69) is 26.5 Å². The summed E-state index contributed by atoms with van der Waals surface area (Å²) in [5, 5.41) is 16.5. The third-order valence-corrected chi connectivity index (χ3v) is 5.81. The van der Waals surface area contributed by atoms with Gasteiger partial charge in [0.25, 0.3) is 0 Å². The summed E-state index contributed by atoms with van der Waals surface area (Å²) in [5.41, 5.74) is 2.60. The monoisotopic (exact) mass is 445 g/mol. The molecule has 4 aromatic rings. The number of hydrogen-bond acceptors (Lipinski definition) is 6. The van der Waals surface area contributed by atoms with Crippen molar-refractivity contribution in [3.05, 3.63) is 46.8 Å². The first kappa shape index (κ1) is 20.7. The molecule has 0 saturated carbocycles. The van der Waals surface area contributed by atoms with Crippen LogP contribution in [0.1, 0.15) is 38.3 Å². The Morgan fingerprint density at radius 1 is 1.36 bits per heavy atom. The van der Waals surface area contributed by atoms with E-state index in [0.29, 0.717) is 46.7 Å². The number of likely N-dealkylation sites (tertiary alicyclic amines) is 1. The SMILES string of the molecule is CC(C)NC(=O)N1CCC[C@H](n2c(=O)[nH]c3cnc(-c4cnn5ccc(C#N)cc45)nc32)C1. The quantitative estimate of drug-likeness (QED) is 0.495. The zero-order valence-electron chi connectivity index (χ0n) is 18.3. The molecule has 1 saturated heterocycles. The molecule has 0 radical (unpaired) electrons. The molecule has 1 aliphatic rings. The van der Waals surface area contributed by atoms with Gasteiger partial charge in [-0.3, -0.25) is 4.57 Å². The van der Waals surface area contributed by atoms with Gasteiger partial charge in [-0.1, -0.05) is 0 Å². The molecule has 11 nitrogen and oxygen atoms in total. The zero-order chi connectivity index (χ0) is 23.1. The van der Waals surface area contributed by atoms with Crippen LogP contribution in [0.4, 0.5) is 4.79 Å². The first-order chi connectivity index (χ1) is 15.9. The van der Waals surface area contributed by atoms with E-state index in [1.807, 2.05) is 13.8 Å². The second-order valence-corrected chi connectivity index (χ2v) is 8.49. The number of carbonyl (C=O) groups is 1. The Morgan fingerprint density at radius 3 is 3.00 bits per heavy atom. The maximum atomic E-state index is 12.9. The molecule has 5 rings (SSSR count). The number of rotatable bonds is 3. The van der Waals surface area contributed by atoms with Crippen LogP contribution in [-0.2, 0) is 0 Å². The van der Waals surface area contributed by atoms with Gasteiger partial charge in [-0.05, 0) is 38.8 Å². The number of hydrogen-bond donors (Lipinski definition) is 2. The van der Waals surface area contributed by atoms with E-state index < -0.39 is 0 Å².